The molecule has 6 nitrogen and oxygen atoms in total. The quantitative estimate of drug-likeness (QED) is 0.914. The molecule has 100 valence electrons. The van der Waals surface area contributed by atoms with Gasteiger partial charge in [0.15, 0.2) is 5.75 Å². The van der Waals surface area contributed by atoms with E-state index in [9.17, 15) is 4.79 Å². The molecule has 19 heavy (non-hydrogen) atoms. The Morgan fingerprint density at radius 3 is 3.00 bits per heavy atom. The number of hydrogen-bond acceptors (Lipinski definition) is 4. The van der Waals surface area contributed by atoms with Gasteiger partial charge in [-0.2, -0.15) is 5.10 Å². The van der Waals surface area contributed by atoms with Crippen LogP contribution >= 0.6 is 15.9 Å². The van der Waals surface area contributed by atoms with E-state index in [1.54, 1.807) is 10.9 Å². The highest BCUT2D eigenvalue weighted by Gasteiger charge is 2.15. The number of ether oxygens (including phenoxy) is 1. The number of carbonyl (C=O) groups is 1. The molecule has 1 N–H and O–H groups in total. The average molecular weight is 326 g/mol. The first kappa shape index (κ1) is 13.5. The third kappa shape index (κ3) is 3.31. The molecule has 7 heteroatoms. The zero-order valence-electron chi connectivity index (χ0n) is 10.2. The third-order valence-electron chi connectivity index (χ3n) is 2.32. The van der Waals surface area contributed by atoms with Crippen LogP contribution < -0.4 is 4.74 Å². The summed E-state index contributed by atoms with van der Waals surface area (Å²) in [6.45, 7) is 2.82. The zero-order chi connectivity index (χ0) is 13.8. The Labute approximate surface area is 118 Å². The summed E-state index contributed by atoms with van der Waals surface area (Å²) in [5, 5.41) is 13.2. The number of carboxylic acid groups (broad SMARTS) is 1. The maximum absolute atomic E-state index is 11.1. The first-order chi connectivity index (χ1) is 9.10. The third-order valence-corrected chi connectivity index (χ3v) is 2.76. The summed E-state index contributed by atoms with van der Waals surface area (Å²) in [6.07, 6.45) is 5.68. The van der Waals surface area contributed by atoms with Crippen LogP contribution in [0.4, 0.5) is 0 Å². The van der Waals surface area contributed by atoms with Crippen LogP contribution in [0.15, 0.2) is 29.1 Å². The monoisotopic (exact) mass is 325 g/mol. The fraction of sp³-hybridized carbons (Fsp3) is 0.250. The number of nitrogens with zero attached hydrogens (tertiary/aromatic N) is 3. The summed E-state index contributed by atoms with van der Waals surface area (Å²) < 4.78 is 7.77. The van der Waals surface area contributed by atoms with Crippen molar-refractivity contribution in [3.8, 4) is 11.6 Å². The van der Waals surface area contributed by atoms with Crippen LogP contribution in [0.3, 0.4) is 0 Å². The number of pyridine rings is 1. The van der Waals surface area contributed by atoms with Crippen molar-refractivity contribution in [1.82, 2.24) is 14.8 Å². The van der Waals surface area contributed by atoms with Crippen LogP contribution in [-0.2, 0) is 6.54 Å². The van der Waals surface area contributed by atoms with Gasteiger partial charge < -0.3 is 9.84 Å². The highest BCUT2D eigenvalue weighted by atomic mass is 79.9. The first-order valence-corrected chi connectivity index (χ1v) is 6.48. The number of rotatable bonds is 5. The van der Waals surface area contributed by atoms with Crippen LogP contribution in [0.25, 0.3) is 0 Å². The van der Waals surface area contributed by atoms with Crippen LogP contribution in [0.5, 0.6) is 11.6 Å². The molecule has 0 aliphatic carbocycles. The van der Waals surface area contributed by atoms with Gasteiger partial charge in [0, 0.05) is 17.2 Å². The van der Waals surface area contributed by atoms with Crippen molar-refractivity contribution in [2.45, 2.75) is 19.9 Å². The molecule has 0 unspecified atom stereocenters. The van der Waals surface area contributed by atoms with Crippen molar-refractivity contribution >= 4 is 21.9 Å². The van der Waals surface area contributed by atoms with Gasteiger partial charge in [-0.1, -0.05) is 6.92 Å². The predicted molar refractivity (Wildman–Crippen MR) is 71.5 cm³/mol. The largest absolute Gasteiger partial charge is 0.477 e. The van der Waals surface area contributed by atoms with Gasteiger partial charge in [0.2, 0.25) is 5.88 Å². The van der Waals surface area contributed by atoms with Gasteiger partial charge in [-0.15, -0.1) is 0 Å². The summed E-state index contributed by atoms with van der Waals surface area (Å²) in [5.41, 5.74) is -0.00221. The summed E-state index contributed by atoms with van der Waals surface area (Å²) in [7, 11) is 0. The number of carboxylic acids is 1. The Bertz CT molecular complexity index is 598. The molecule has 0 fully saturated rings. The van der Waals surface area contributed by atoms with Gasteiger partial charge in [-0.25, -0.2) is 9.78 Å². The normalized spacial score (nSPS) is 10.4. The molecule has 0 bridgehead atoms. The smallest absolute Gasteiger partial charge is 0.341 e. The number of halogens is 1. The minimum atomic E-state index is -1.09. The van der Waals surface area contributed by atoms with E-state index in [0.717, 1.165) is 13.0 Å². The van der Waals surface area contributed by atoms with Crippen molar-refractivity contribution in [2.24, 2.45) is 0 Å². The van der Waals surface area contributed by atoms with Gasteiger partial charge in [0.25, 0.3) is 0 Å². The van der Waals surface area contributed by atoms with Crippen molar-refractivity contribution < 1.29 is 14.6 Å². The van der Waals surface area contributed by atoms with Gasteiger partial charge in [-0.05, 0) is 28.4 Å². The van der Waals surface area contributed by atoms with Gasteiger partial charge in [0.1, 0.15) is 5.56 Å². The summed E-state index contributed by atoms with van der Waals surface area (Å²) >= 11 is 3.18. The highest BCUT2D eigenvalue weighted by molar-refractivity contribution is 9.10. The SMILES string of the molecule is CCCn1cc(Oc2ncc(Br)cc2C(=O)O)cn1. The lowest BCUT2D eigenvalue weighted by molar-refractivity contribution is 0.0693. The van der Waals surface area contributed by atoms with E-state index in [1.807, 2.05) is 6.92 Å². The Hall–Kier alpha value is -1.89. The Kier molecular flexibility index (Phi) is 4.16. The molecule has 0 saturated carbocycles. The Morgan fingerprint density at radius 2 is 2.32 bits per heavy atom. The van der Waals surface area contributed by atoms with Gasteiger partial charge in [0.05, 0.1) is 12.4 Å². The maximum atomic E-state index is 11.1. The molecule has 0 aliphatic heterocycles. The zero-order valence-corrected chi connectivity index (χ0v) is 11.8. The number of aromatic carboxylic acids is 1. The van der Waals surface area contributed by atoms with E-state index in [4.69, 9.17) is 9.84 Å². The van der Waals surface area contributed by atoms with E-state index in [0.29, 0.717) is 10.2 Å². The Balaban J connectivity index is 2.24. The van der Waals surface area contributed by atoms with Crippen LogP contribution in [-0.4, -0.2) is 25.8 Å². The van der Waals surface area contributed by atoms with Crippen molar-refractivity contribution in [3.63, 3.8) is 0 Å². The lowest BCUT2D eigenvalue weighted by Gasteiger charge is -2.05. The molecule has 0 aromatic carbocycles. The lowest BCUT2D eigenvalue weighted by Crippen LogP contribution is -2.02. The highest BCUT2D eigenvalue weighted by Crippen LogP contribution is 2.25. The van der Waals surface area contributed by atoms with E-state index >= 15 is 0 Å². The minimum Gasteiger partial charge on any atom is -0.477 e. The molecular weight excluding hydrogens is 314 g/mol. The molecule has 0 aliphatic rings. The Morgan fingerprint density at radius 1 is 1.53 bits per heavy atom. The molecule has 2 aromatic heterocycles. The van der Waals surface area contributed by atoms with E-state index < -0.39 is 5.97 Å². The first-order valence-electron chi connectivity index (χ1n) is 5.69. The second-order valence-corrected chi connectivity index (χ2v) is 4.77. The van der Waals surface area contributed by atoms with E-state index in [-0.39, 0.29) is 11.4 Å². The molecule has 2 aromatic rings. The second kappa shape index (κ2) is 5.83. The standard InChI is InChI=1S/C12H12BrN3O3/c1-2-3-16-7-9(6-15-16)19-11-10(12(17)18)4-8(13)5-14-11/h4-7H,2-3H2,1H3,(H,17,18). The molecule has 0 saturated heterocycles. The molecule has 0 atom stereocenters. The van der Waals surface area contributed by atoms with Gasteiger partial charge in [-0.3, -0.25) is 4.68 Å². The molecule has 2 rings (SSSR count). The van der Waals surface area contributed by atoms with Crippen molar-refractivity contribution in [2.75, 3.05) is 0 Å². The molecule has 0 amide bonds. The van der Waals surface area contributed by atoms with E-state index in [2.05, 4.69) is 26.0 Å². The predicted octanol–water partition coefficient (Wildman–Crippen LogP) is 2.94. The van der Waals surface area contributed by atoms with Crippen LogP contribution in [0.1, 0.15) is 23.7 Å². The fourth-order valence-corrected chi connectivity index (χ4v) is 1.85. The maximum Gasteiger partial charge on any atom is 0.341 e. The summed E-state index contributed by atoms with van der Waals surface area (Å²) in [4.78, 5) is 15.1. The molecule has 0 spiro atoms. The average Bonchev–Trinajstić information content (AvgIpc) is 2.79. The summed E-state index contributed by atoms with van der Waals surface area (Å²) in [6, 6.07) is 1.45. The van der Waals surface area contributed by atoms with E-state index in [1.165, 1.54) is 18.5 Å². The number of aryl methyl sites for hydroxylation is 1. The number of hydrogen-bond donors (Lipinski definition) is 1. The molecule has 0 radical (unpaired) electrons. The topological polar surface area (TPSA) is 77.2 Å². The van der Waals surface area contributed by atoms with Crippen molar-refractivity contribution in [1.29, 1.82) is 0 Å². The van der Waals surface area contributed by atoms with Crippen LogP contribution in [0.2, 0.25) is 0 Å². The lowest BCUT2D eigenvalue weighted by atomic mass is 10.3. The van der Waals surface area contributed by atoms with Gasteiger partial charge >= 0.3 is 5.97 Å². The number of aromatic nitrogens is 3. The fourth-order valence-electron chi connectivity index (χ4n) is 1.52. The summed E-state index contributed by atoms with van der Waals surface area (Å²) in [5.74, 6) is -0.581. The van der Waals surface area contributed by atoms with Crippen LogP contribution in [0, 0.1) is 0 Å². The van der Waals surface area contributed by atoms with Crippen molar-refractivity contribution in [3.05, 3.63) is 34.7 Å². The minimum absolute atomic E-state index is 0.00221. The molecule has 2 heterocycles. The molecular formula is C12H12BrN3O3. The second-order valence-electron chi connectivity index (χ2n) is 3.85.